The van der Waals surface area contributed by atoms with E-state index < -0.39 is 0 Å². The average molecular weight is 550 g/mol. The summed E-state index contributed by atoms with van der Waals surface area (Å²) < 4.78 is 12.9. The fourth-order valence-corrected chi connectivity index (χ4v) is 3.64. The van der Waals surface area contributed by atoms with Crippen LogP contribution in [-0.4, -0.2) is 109 Å². The standard InChI is InChI=1S/C20H38N8O2.HI/c1-17(28-9-13-30-14-10-28)15-22-20(23-16-19-25-24-18(2)26(19)3)21-5-4-6-27-7-11-29-12-8-27;/h17H,4-16H2,1-3H3,(H2,21,22,23);1H. The van der Waals surface area contributed by atoms with E-state index in [9.17, 15) is 0 Å². The van der Waals surface area contributed by atoms with E-state index in [0.717, 1.165) is 96.3 Å². The first kappa shape index (κ1) is 26.2. The molecular weight excluding hydrogens is 511 g/mol. The molecule has 0 bridgehead atoms. The zero-order chi connectivity index (χ0) is 21.2. The summed E-state index contributed by atoms with van der Waals surface area (Å²) in [6.45, 7) is 14.9. The second-order valence-electron chi connectivity index (χ2n) is 8.00. The number of morpholine rings is 2. The quantitative estimate of drug-likeness (QED) is 0.195. The van der Waals surface area contributed by atoms with E-state index in [1.54, 1.807) is 0 Å². The van der Waals surface area contributed by atoms with Crippen molar-refractivity contribution in [2.75, 3.05) is 72.2 Å². The highest BCUT2D eigenvalue weighted by Gasteiger charge is 2.17. The van der Waals surface area contributed by atoms with E-state index in [-0.39, 0.29) is 24.0 Å². The van der Waals surface area contributed by atoms with E-state index in [1.807, 2.05) is 18.5 Å². The van der Waals surface area contributed by atoms with Crippen LogP contribution in [0.5, 0.6) is 0 Å². The number of hydrogen-bond donors (Lipinski definition) is 2. The first-order valence-electron chi connectivity index (χ1n) is 11.1. The second-order valence-corrected chi connectivity index (χ2v) is 8.00. The van der Waals surface area contributed by atoms with Crippen molar-refractivity contribution in [1.29, 1.82) is 0 Å². The third kappa shape index (κ3) is 8.79. The van der Waals surface area contributed by atoms with Gasteiger partial charge in [-0.25, -0.2) is 4.99 Å². The Bertz CT molecular complexity index is 660. The SMILES string of the molecule is Cc1nnc(CN=C(NCCCN2CCOCC2)NCC(C)N2CCOCC2)n1C.I. The highest BCUT2D eigenvalue weighted by molar-refractivity contribution is 14.0. The van der Waals surface area contributed by atoms with Crippen LogP contribution >= 0.6 is 24.0 Å². The van der Waals surface area contributed by atoms with Gasteiger partial charge in [0.05, 0.1) is 26.4 Å². The van der Waals surface area contributed by atoms with E-state index in [4.69, 9.17) is 14.5 Å². The van der Waals surface area contributed by atoms with Crippen LogP contribution < -0.4 is 10.6 Å². The molecule has 1 unspecified atom stereocenters. The maximum Gasteiger partial charge on any atom is 0.191 e. The van der Waals surface area contributed by atoms with Crippen LogP contribution in [0, 0.1) is 6.92 Å². The van der Waals surface area contributed by atoms with Crippen molar-refractivity contribution >= 4 is 29.9 Å². The van der Waals surface area contributed by atoms with Crippen LogP contribution in [0.2, 0.25) is 0 Å². The van der Waals surface area contributed by atoms with Gasteiger partial charge in [-0.3, -0.25) is 9.80 Å². The maximum atomic E-state index is 5.47. The molecule has 0 amide bonds. The minimum absolute atomic E-state index is 0. The number of halogens is 1. The molecule has 3 rings (SSSR count). The average Bonchev–Trinajstić information content (AvgIpc) is 3.11. The number of aliphatic imine (C=N–C) groups is 1. The molecule has 0 spiro atoms. The van der Waals surface area contributed by atoms with E-state index >= 15 is 0 Å². The molecule has 2 fully saturated rings. The zero-order valence-corrected chi connectivity index (χ0v) is 21.5. The van der Waals surface area contributed by atoms with Crippen molar-refractivity contribution in [1.82, 2.24) is 35.2 Å². The summed E-state index contributed by atoms with van der Waals surface area (Å²) in [5.41, 5.74) is 0. The molecule has 1 aromatic rings. The van der Waals surface area contributed by atoms with Crippen LogP contribution in [0.1, 0.15) is 25.0 Å². The van der Waals surface area contributed by atoms with Gasteiger partial charge in [-0.05, 0) is 26.8 Å². The van der Waals surface area contributed by atoms with E-state index in [1.165, 1.54) is 0 Å². The zero-order valence-electron chi connectivity index (χ0n) is 19.2. The molecule has 178 valence electrons. The Balaban J connectivity index is 0.00000341. The Kier molecular flexibility index (Phi) is 12.0. The molecule has 0 saturated carbocycles. The van der Waals surface area contributed by atoms with Gasteiger partial charge in [0.2, 0.25) is 0 Å². The molecule has 1 aromatic heterocycles. The molecule has 31 heavy (non-hydrogen) atoms. The van der Waals surface area contributed by atoms with Gasteiger partial charge in [0.25, 0.3) is 0 Å². The molecule has 2 aliphatic rings. The van der Waals surface area contributed by atoms with Crippen LogP contribution in [0.4, 0.5) is 0 Å². The number of nitrogens with zero attached hydrogens (tertiary/aromatic N) is 6. The number of ether oxygens (including phenoxy) is 2. The predicted molar refractivity (Wildman–Crippen MR) is 132 cm³/mol. The van der Waals surface area contributed by atoms with Crippen LogP contribution in [-0.2, 0) is 23.1 Å². The summed E-state index contributed by atoms with van der Waals surface area (Å²) >= 11 is 0. The Morgan fingerprint density at radius 3 is 2.39 bits per heavy atom. The van der Waals surface area contributed by atoms with Crippen molar-refractivity contribution in [3.8, 4) is 0 Å². The molecule has 11 heteroatoms. The lowest BCUT2D eigenvalue weighted by Gasteiger charge is -2.32. The Morgan fingerprint density at radius 2 is 1.74 bits per heavy atom. The van der Waals surface area contributed by atoms with Gasteiger partial charge in [-0.1, -0.05) is 0 Å². The smallest absolute Gasteiger partial charge is 0.191 e. The third-order valence-corrected chi connectivity index (χ3v) is 5.84. The van der Waals surface area contributed by atoms with Gasteiger partial charge in [0.15, 0.2) is 11.8 Å². The van der Waals surface area contributed by atoms with Gasteiger partial charge in [-0.2, -0.15) is 0 Å². The molecule has 0 aromatic carbocycles. The highest BCUT2D eigenvalue weighted by atomic mass is 127. The van der Waals surface area contributed by atoms with Gasteiger partial charge >= 0.3 is 0 Å². The minimum Gasteiger partial charge on any atom is -0.379 e. The fourth-order valence-electron chi connectivity index (χ4n) is 3.64. The van der Waals surface area contributed by atoms with Crippen LogP contribution in [0.3, 0.4) is 0 Å². The normalized spacial score (nSPS) is 19.6. The van der Waals surface area contributed by atoms with Crippen molar-refractivity contribution in [3.05, 3.63) is 11.6 Å². The lowest BCUT2D eigenvalue weighted by molar-refractivity contribution is 0.0211. The molecular formula is C20H39IN8O2. The maximum absolute atomic E-state index is 5.47. The predicted octanol–water partition coefficient (Wildman–Crippen LogP) is 0.220. The van der Waals surface area contributed by atoms with Crippen LogP contribution in [0.25, 0.3) is 0 Å². The first-order chi connectivity index (χ1) is 14.6. The summed E-state index contributed by atoms with van der Waals surface area (Å²) in [7, 11) is 1.98. The van der Waals surface area contributed by atoms with E-state index in [2.05, 4.69) is 37.6 Å². The monoisotopic (exact) mass is 550 g/mol. The summed E-state index contributed by atoms with van der Waals surface area (Å²) in [5, 5.41) is 15.4. The number of nitrogens with one attached hydrogen (secondary N) is 2. The van der Waals surface area contributed by atoms with Gasteiger partial charge in [-0.15, -0.1) is 34.2 Å². The van der Waals surface area contributed by atoms with Crippen molar-refractivity contribution in [2.24, 2.45) is 12.0 Å². The van der Waals surface area contributed by atoms with Gasteiger partial charge in [0.1, 0.15) is 12.4 Å². The molecule has 2 saturated heterocycles. The number of aryl methyl sites for hydroxylation is 1. The Hall–Kier alpha value is -1.02. The largest absolute Gasteiger partial charge is 0.379 e. The summed E-state index contributed by atoms with van der Waals surface area (Å²) in [6.07, 6.45) is 1.07. The number of rotatable bonds is 9. The second kappa shape index (κ2) is 14.2. The number of aromatic nitrogens is 3. The number of hydrogen-bond acceptors (Lipinski definition) is 7. The summed E-state index contributed by atoms with van der Waals surface area (Å²) in [4.78, 5) is 9.68. The number of guanidine groups is 1. The van der Waals surface area contributed by atoms with Crippen molar-refractivity contribution in [3.63, 3.8) is 0 Å². The third-order valence-electron chi connectivity index (χ3n) is 5.84. The lowest BCUT2D eigenvalue weighted by atomic mass is 10.2. The summed E-state index contributed by atoms with van der Waals surface area (Å²) in [6, 6.07) is 0.423. The first-order valence-corrected chi connectivity index (χ1v) is 11.1. The fraction of sp³-hybridized carbons (Fsp3) is 0.850. The molecule has 10 nitrogen and oxygen atoms in total. The van der Waals surface area contributed by atoms with Crippen molar-refractivity contribution < 1.29 is 9.47 Å². The van der Waals surface area contributed by atoms with Crippen LogP contribution in [0.15, 0.2) is 4.99 Å². The Morgan fingerprint density at radius 1 is 1.06 bits per heavy atom. The molecule has 2 aliphatic heterocycles. The molecule has 0 radical (unpaired) electrons. The Labute approximate surface area is 203 Å². The van der Waals surface area contributed by atoms with Crippen molar-refractivity contribution in [2.45, 2.75) is 32.9 Å². The molecule has 0 aliphatic carbocycles. The highest BCUT2D eigenvalue weighted by Crippen LogP contribution is 2.03. The minimum atomic E-state index is 0. The van der Waals surface area contributed by atoms with Gasteiger partial charge in [0, 0.05) is 52.4 Å². The molecule has 1 atom stereocenters. The summed E-state index contributed by atoms with van der Waals surface area (Å²) in [5.74, 6) is 2.59. The van der Waals surface area contributed by atoms with E-state index in [0.29, 0.717) is 12.6 Å². The molecule has 3 heterocycles. The topological polar surface area (TPSA) is 92.1 Å². The lowest BCUT2D eigenvalue weighted by Crippen LogP contribution is -2.49. The molecule has 2 N–H and O–H groups in total. The van der Waals surface area contributed by atoms with Gasteiger partial charge < -0.3 is 24.7 Å².